The first kappa shape index (κ1) is 9.03. The van der Waals surface area contributed by atoms with E-state index in [1.165, 1.54) is 5.56 Å². The molecule has 1 aromatic carbocycles. The van der Waals surface area contributed by atoms with Crippen LogP contribution in [0.2, 0.25) is 0 Å². The van der Waals surface area contributed by atoms with Crippen LogP contribution >= 0.6 is 15.9 Å². The van der Waals surface area contributed by atoms with Crippen LogP contribution in [-0.2, 0) is 6.42 Å². The smallest absolute Gasteiger partial charge is 0.0662 e. The van der Waals surface area contributed by atoms with E-state index >= 15 is 0 Å². The topological polar surface area (TPSA) is 32.3 Å². The predicted molar refractivity (Wildman–Crippen MR) is 57.0 cm³/mol. The van der Waals surface area contributed by atoms with E-state index in [-0.39, 0.29) is 12.1 Å². The van der Waals surface area contributed by atoms with Gasteiger partial charge < -0.3 is 10.4 Å². The molecule has 0 fully saturated rings. The molecule has 1 heterocycles. The summed E-state index contributed by atoms with van der Waals surface area (Å²) in [6.07, 6.45) is 0.887. The lowest BCUT2D eigenvalue weighted by Gasteiger charge is -2.21. The quantitative estimate of drug-likeness (QED) is 0.790. The molecule has 1 aliphatic rings. The van der Waals surface area contributed by atoms with Gasteiger partial charge in [-0.15, -0.1) is 0 Å². The fourth-order valence-corrected chi connectivity index (χ4v) is 2.12. The summed E-state index contributed by atoms with van der Waals surface area (Å²) in [6.45, 7) is 2.19. The van der Waals surface area contributed by atoms with Crippen LogP contribution in [0.25, 0.3) is 0 Å². The number of rotatable bonds is 1. The third kappa shape index (κ3) is 1.58. The molecule has 0 saturated carbocycles. The van der Waals surface area contributed by atoms with Gasteiger partial charge in [-0.1, -0.05) is 15.9 Å². The molecular weight excluding hydrogens is 230 g/mol. The average molecular weight is 242 g/mol. The molecule has 70 valence electrons. The van der Waals surface area contributed by atoms with Crippen LogP contribution in [0.4, 0.5) is 5.69 Å². The minimum absolute atomic E-state index is 0.166. The van der Waals surface area contributed by atoms with E-state index in [1.54, 1.807) is 0 Å². The Bertz CT molecular complexity index is 340. The molecule has 1 aliphatic heterocycles. The standard InChI is InChI=1S/C10H12BrNO/c1-10(6-13)5-7-4-8(11)2-3-9(7)12-10/h2-4,12-13H,5-6H2,1H3. The van der Waals surface area contributed by atoms with Crippen molar-refractivity contribution in [3.05, 3.63) is 28.2 Å². The second kappa shape index (κ2) is 3.00. The van der Waals surface area contributed by atoms with Crippen molar-refractivity contribution in [3.8, 4) is 0 Å². The monoisotopic (exact) mass is 241 g/mol. The summed E-state index contributed by atoms with van der Waals surface area (Å²) in [7, 11) is 0. The fraction of sp³-hybridized carbons (Fsp3) is 0.400. The number of hydrogen-bond donors (Lipinski definition) is 2. The zero-order valence-electron chi connectivity index (χ0n) is 7.47. The number of fused-ring (bicyclic) bond motifs is 1. The third-order valence-corrected chi connectivity index (χ3v) is 2.93. The lowest BCUT2D eigenvalue weighted by Crippen LogP contribution is -2.36. The van der Waals surface area contributed by atoms with Crippen LogP contribution in [0.15, 0.2) is 22.7 Å². The molecular formula is C10H12BrNO. The van der Waals surface area contributed by atoms with Crippen LogP contribution in [0.3, 0.4) is 0 Å². The highest BCUT2D eigenvalue weighted by Crippen LogP contribution is 2.33. The van der Waals surface area contributed by atoms with Gasteiger partial charge in [0.15, 0.2) is 0 Å². The first-order chi connectivity index (χ1) is 6.13. The van der Waals surface area contributed by atoms with Crippen LogP contribution < -0.4 is 5.32 Å². The largest absolute Gasteiger partial charge is 0.394 e. The van der Waals surface area contributed by atoms with Crippen molar-refractivity contribution in [3.63, 3.8) is 0 Å². The van der Waals surface area contributed by atoms with Crippen molar-refractivity contribution in [2.24, 2.45) is 0 Å². The van der Waals surface area contributed by atoms with Gasteiger partial charge in [0, 0.05) is 10.2 Å². The molecule has 0 spiro atoms. The second-order valence-electron chi connectivity index (χ2n) is 3.82. The number of aliphatic hydroxyl groups excluding tert-OH is 1. The molecule has 2 rings (SSSR count). The van der Waals surface area contributed by atoms with Gasteiger partial charge in [-0.05, 0) is 37.1 Å². The molecule has 0 aliphatic carbocycles. The number of nitrogens with one attached hydrogen (secondary N) is 1. The van der Waals surface area contributed by atoms with Crippen molar-refractivity contribution < 1.29 is 5.11 Å². The number of halogens is 1. The minimum Gasteiger partial charge on any atom is -0.394 e. The Hall–Kier alpha value is -0.540. The number of aliphatic hydroxyl groups is 1. The molecule has 2 nitrogen and oxygen atoms in total. The van der Waals surface area contributed by atoms with Crippen molar-refractivity contribution in [2.45, 2.75) is 18.9 Å². The molecule has 13 heavy (non-hydrogen) atoms. The highest BCUT2D eigenvalue weighted by atomic mass is 79.9. The summed E-state index contributed by atoms with van der Waals surface area (Å²) >= 11 is 3.43. The van der Waals surface area contributed by atoms with Gasteiger partial charge in [-0.3, -0.25) is 0 Å². The summed E-state index contributed by atoms with van der Waals surface area (Å²) in [5.41, 5.74) is 2.23. The van der Waals surface area contributed by atoms with Crippen LogP contribution in [0, 0.1) is 0 Å². The molecule has 1 unspecified atom stereocenters. The molecule has 0 saturated heterocycles. The summed E-state index contributed by atoms with van der Waals surface area (Å²) in [6, 6.07) is 6.15. The zero-order chi connectivity index (χ0) is 9.47. The van der Waals surface area contributed by atoms with E-state index < -0.39 is 0 Å². The Kier molecular flexibility index (Phi) is 2.08. The van der Waals surface area contributed by atoms with Crippen molar-refractivity contribution in [2.75, 3.05) is 11.9 Å². The molecule has 2 N–H and O–H groups in total. The van der Waals surface area contributed by atoms with Crippen molar-refractivity contribution >= 4 is 21.6 Å². The number of benzene rings is 1. The van der Waals surface area contributed by atoms with Crippen LogP contribution in [-0.4, -0.2) is 17.3 Å². The van der Waals surface area contributed by atoms with E-state index in [0.717, 1.165) is 16.6 Å². The van der Waals surface area contributed by atoms with Crippen molar-refractivity contribution in [1.82, 2.24) is 0 Å². The second-order valence-corrected chi connectivity index (χ2v) is 4.74. The average Bonchev–Trinajstić information content (AvgIpc) is 2.42. The first-order valence-corrected chi connectivity index (χ1v) is 5.10. The van der Waals surface area contributed by atoms with E-state index in [0.29, 0.717) is 0 Å². The maximum atomic E-state index is 9.19. The Balaban J connectivity index is 2.35. The molecule has 1 aromatic rings. The molecule has 1 atom stereocenters. The van der Waals surface area contributed by atoms with Crippen molar-refractivity contribution in [1.29, 1.82) is 0 Å². The predicted octanol–water partition coefficient (Wildman–Crippen LogP) is 2.17. The third-order valence-electron chi connectivity index (χ3n) is 2.43. The van der Waals surface area contributed by atoms with E-state index in [4.69, 9.17) is 0 Å². The molecule has 0 aromatic heterocycles. The summed E-state index contributed by atoms with van der Waals surface area (Å²) in [5, 5.41) is 12.5. The van der Waals surface area contributed by atoms with Gasteiger partial charge in [0.1, 0.15) is 0 Å². The highest BCUT2D eigenvalue weighted by Gasteiger charge is 2.31. The maximum Gasteiger partial charge on any atom is 0.0662 e. The summed E-state index contributed by atoms with van der Waals surface area (Å²) in [5.74, 6) is 0. The summed E-state index contributed by atoms with van der Waals surface area (Å²) in [4.78, 5) is 0. The van der Waals surface area contributed by atoms with Crippen LogP contribution in [0.5, 0.6) is 0 Å². The Morgan fingerprint density at radius 2 is 2.38 bits per heavy atom. The highest BCUT2D eigenvalue weighted by molar-refractivity contribution is 9.10. The Morgan fingerprint density at radius 3 is 3.08 bits per heavy atom. The molecule has 3 heteroatoms. The van der Waals surface area contributed by atoms with E-state index in [1.807, 2.05) is 19.1 Å². The van der Waals surface area contributed by atoms with E-state index in [9.17, 15) is 5.11 Å². The first-order valence-electron chi connectivity index (χ1n) is 4.30. The lowest BCUT2D eigenvalue weighted by molar-refractivity contribution is 0.227. The number of anilines is 1. The number of hydrogen-bond acceptors (Lipinski definition) is 2. The van der Waals surface area contributed by atoms with Gasteiger partial charge in [0.25, 0.3) is 0 Å². The van der Waals surface area contributed by atoms with Gasteiger partial charge in [-0.25, -0.2) is 0 Å². The minimum atomic E-state index is -0.177. The van der Waals surface area contributed by atoms with Gasteiger partial charge in [0.2, 0.25) is 0 Å². The van der Waals surface area contributed by atoms with Gasteiger partial charge in [-0.2, -0.15) is 0 Å². The normalized spacial score (nSPS) is 25.5. The van der Waals surface area contributed by atoms with Gasteiger partial charge >= 0.3 is 0 Å². The SMILES string of the molecule is CC1(CO)Cc2cc(Br)ccc2N1. The molecule has 0 radical (unpaired) electrons. The van der Waals surface area contributed by atoms with Gasteiger partial charge in [0.05, 0.1) is 12.1 Å². The Labute approximate surface area is 86.1 Å². The maximum absolute atomic E-state index is 9.19. The lowest BCUT2D eigenvalue weighted by atomic mass is 9.99. The Morgan fingerprint density at radius 1 is 1.62 bits per heavy atom. The molecule has 0 amide bonds. The summed E-state index contributed by atoms with van der Waals surface area (Å²) < 4.78 is 1.09. The van der Waals surface area contributed by atoms with Crippen LogP contribution in [0.1, 0.15) is 12.5 Å². The molecule has 0 bridgehead atoms. The van der Waals surface area contributed by atoms with E-state index in [2.05, 4.69) is 27.3 Å². The fourth-order valence-electron chi connectivity index (χ4n) is 1.72. The zero-order valence-corrected chi connectivity index (χ0v) is 9.06.